The number of rotatable bonds is 4. The molecule has 96 valence electrons. The average molecular weight is 339 g/mol. The minimum atomic E-state index is 0.360. The van der Waals surface area contributed by atoms with Gasteiger partial charge in [-0.1, -0.05) is 18.5 Å². The molecule has 3 unspecified atom stereocenters. The summed E-state index contributed by atoms with van der Waals surface area (Å²) in [5.74, 6) is 0.548. The normalized spacial score (nSPS) is 26.4. The van der Waals surface area contributed by atoms with Crippen LogP contribution in [0.25, 0.3) is 0 Å². The van der Waals surface area contributed by atoms with Crippen molar-refractivity contribution in [2.75, 3.05) is 13.2 Å². The van der Waals surface area contributed by atoms with Crippen molar-refractivity contribution in [1.82, 2.24) is 5.32 Å². The third-order valence-corrected chi connectivity index (χ3v) is 5.65. The molecule has 1 aromatic rings. The quantitative estimate of drug-likeness (QED) is 0.886. The lowest BCUT2D eigenvalue weighted by atomic mass is 9.95. The largest absolute Gasteiger partial charge is 0.378 e. The molecule has 1 N–H and O–H groups in total. The van der Waals surface area contributed by atoms with Crippen molar-refractivity contribution in [1.29, 1.82) is 0 Å². The Morgan fingerprint density at radius 1 is 1.71 bits per heavy atom. The lowest BCUT2D eigenvalue weighted by molar-refractivity contribution is 0.117. The first-order chi connectivity index (χ1) is 8.11. The summed E-state index contributed by atoms with van der Waals surface area (Å²) in [6.45, 7) is 6.07. The minimum absolute atomic E-state index is 0.360. The fraction of sp³-hybridized carbons (Fsp3) is 0.667. The van der Waals surface area contributed by atoms with Crippen LogP contribution in [0.15, 0.2) is 9.85 Å². The number of halogens is 2. The molecule has 1 aromatic heterocycles. The van der Waals surface area contributed by atoms with E-state index in [0.717, 1.165) is 28.4 Å². The van der Waals surface area contributed by atoms with Gasteiger partial charge < -0.3 is 10.1 Å². The number of hydrogen-bond acceptors (Lipinski definition) is 3. The van der Waals surface area contributed by atoms with Crippen LogP contribution in [0.5, 0.6) is 0 Å². The van der Waals surface area contributed by atoms with Crippen molar-refractivity contribution < 1.29 is 4.74 Å². The second-order valence-electron chi connectivity index (χ2n) is 4.45. The lowest BCUT2D eigenvalue weighted by Crippen LogP contribution is -2.27. The summed E-state index contributed by atoms with van der Waals surface area (Å²) in [7, 11) is 0. The van der Waals surface area contributed by atoms with Gasteiger partial charge in [0.1, 0.15) is 0 Å². The Morgan fingerprint density at radius 2 is 2.47 bits per heavy atom. The van der Waals surface area contributed by atoms with E-state index in [1.165, 1.54) is 4.88 Å². The van der Waals surface area contributed by atoms with Crippen molar-refractivity contribution in [3.05, 3.63) is 19.8 Å². The van der Waals surface area contributed by atoms with Gasteiger partial charge in [-0.15, -0.1) is 11.3 Å². The van der Waals surface area contributed by atoms with Gasteiger partial charge in [-0.3, -0.25) is 0 Å². The molecule has 17 heavy (non-hydrogen) atoms. The van der Waals surface area contributed by atoms with E-state index in [9.17, 15) is 0 Å². The smallest absolute Gasteiger partial charge is 0.0887 e. The Morgan fingerprint density at radius 3 is 2.94 bits per heavy atom. The Bertz CT molecular complexity index is 365. The molecular weight excluding hydrogens is 322 g/mol. The molecule has 1 aliphatic heterocycles. The zero-order valence-corrected chi connectivity index (χ0v) is 13.2. The molecule has 2 heterocycles. The standard InChI is InChI=1S/C12H17BrClNOS/c1-3-15-11(8-4-7(2)16-6-8)10-5-9(14)12(13)17-10/h5,7-8,11,15H,3-4,6H2,1-2H3. The predicted molar refractivity (Wildman–Crippen MR) is 77.0 cm³/mol. The molecule has 0 radical (unpaired) electrons. The Balaban J connectivity index is 2.16. The van der Waals surface area contributed by atoms with E-state index in [4.69, 9.17) is 16.3 Å². The number of ether oxygens (including phenoxy) is 1. The third kappa shape index (κ3) is 3.24. The average Bonchev–Trinajstić information content (AvgIpc) is 2.83. The zero-order chi connectivity index (χ0) is 12.4. The number of thiophene rings is 1. The van der Waals surface area contributed by atoms with E-state index in [0.29, 0.717) is 18.1 Å². The fourth-order valence-corrected chi connectivity index (χ4v) is 4.23. The summed E-state index contributed by atoms with van der Waals surface area (Å²) in [6.07, 6.45) is 1.49. The molecule has 0 saturated carbocycles. The highest BCUT2D eigenvalue weighted by atomic mass is 79.9. The van der Waals surface area contributed by atoms with Crippen LogP contribution < -0.4 is 5.32 Å². The molecule has 2 nitrogen and oxygen atoms in total. The topological polar surface area (TPSA) is 21.3 Å². The Labute approximate surface area is 120 Å². The van der Waals surface area contributed by atoms with E-state index in [2.05, 4.69) is 41.2 Å². The van der Waals surface area contributed by atoms with E-state index in [-0.39, 0.29) is 0 Å². The van der Waals surface area contributed by atoms with Gasteiger partial charge in [-0.05, 0) is 41.9 Å². The second-order valence-corrected chi connectivity index (χ2v) is 7.25. The summed E-state index contributed by atoms with van der Waals surface area (Å²) >= 11 is 11.3. The second kappa shape index (κ2) is 6.02. The zero-order valence-electron chi connectivity index (χ0n) is 10.0. The third-order valence-electron chi connectivity index (χ3n) is 3.10. The maximum atomic E-state index is 6.11. The summed E-state index contributed by atoms with van der Waals surface area (Å²) in [5.41, 5.74) is 0. The van der Waals surface area contributed by atoms with Gasteiger partial charge in [0.15, 0.2) is 0 Å². The van der Waals surface area contributed by atoms with Crippen LogP contribution in [-0.2, 0) is 4.74 Å². The van der Waals surface area contributed by atoms with Crippen molar-refractivity contribution >= 4 is 38.9 Å². The highest BCUT2D eigenvalue weighted by Crippen LogP contribution is 2.40. The van der Waals surface area contributed by atoms with Crippen LogP contribution in [0.1, 0.15) is 31.2 Å². The van der Waals surface area contributed by atoms with Gasteiger partial charge >= 0.3 is 0 Å². The van der Waals surface area contributed by atoms with Gasteiger partial charge in [0.05, 0.1) is 21.5 Å². The summed E-state index contributed by atoms with van der Waals surface area (Å²) < 4.78 is 6.69. The van der Waals surface area contributed by atoms with Crippen molar-refractivity contribution in [3.8, 4) is 0 Å². The molecule has 5 heteroatoms. The molecule has 2 rings (SSSR count). The minimum Gasteiger partial charge on any atom is -0.378 e. The fourth-order valence-electron chi connectivity index (χ4n) is 2.32. The molecule has 3 atom stereocenters. The summed E-state index contributed by atoms with van der Waals surface area (Å²) in [6, 6.07) is 2.42. The summed E-state index contributed by atoms with van der Waals surface area (Å²) in [5, 5.41) is 4.36. The van der Waals surface area contributed by atoms with E-state index >= 15 is 0 Å². The maximum Gasteiger partial charge on any atom is 0.0887 e. The van der Waals surface area contributed by atoms with Gasteiger partial charge in [0, 0.05) is 16.8 Å². The van der Waals surface area contributed by atoms with E-state index in [1.54, 1.807) is 11.3 Å². The first-order valence-corrected chi connectivity index (χ1v) is 7.90. The molecule has 0 amide bonds. The summed E-state index contributed by atoms with van der Waals surface area (Å²) in [4.78, 5) is 1.30. The van der Waals surface area contributed by atoms with E-state index in [1.807, 2.05) is 0 Å². The van der Waals surface area contributed by atoms with Gasteiger partial charge in [0.2, 0.25) is 0 Å². The van der Waals surface area contributed by atoms with Crippen LogP contribution in [0.3, 0.4) is 0 Å². The highest BCUT2D eigenvalue weighted by Gasteiger charge is 2.31. The van der Waals surface area contributed by atoms with Gasteiger partial charge in [-0.2, -0.15) is 0 Å². The number of nitrogens with one attached hydrogen (secondary N) is 1. The van der Waals surface area contributed by atoms with Crippen molar-refractivity contribution in [3.63, 3.8) is 0 Å². The van der Waals surface area contributed by atoms with Gasteiger partial charge in [0.25, 0.3) is 0 Å². The first kappa shape index (κ1) is 13.8. The SMILES string of the molecule is CCNC(c1cc(Cl)c(Br)s1)C1COC(C)C1. The van der Waals surface area contributed by atoms with Crippen LogP contribution >= 0.6 is 38.9 Å². The van der Waals surface area contributed by atoms with Crippen LogP contribution in [0, 0.1) is 5.92 Å². The highest BCUT2D eigenvalue weighted by molar-refractivity contribution is 9.11. The molecule has 0 spiro atoms. The Hall–Kier alpha value is 0.390. The molecule has 0 bridgehead atoms. The molecule has 0 aromatic carbocycles. The van der Waals surface area contributed by atoms with Crippen LogP contribution in [0.2, 0.25) is 5.02 Å². The lowest BCUT2D eigenvalue weighted by Gasteiger charge is -2.22. The van der Waals surface area contributed by atoms with Crippen molar-refractivity contribution in [2.45, 2.75) is 32.4 Å². The van der Waals surface area contributed by atoms with Crippen LogP contribution in [0.4, 0.5) is 0 Å². The Kier molecular flexibility index (Phi) is 4.89. The molecular formula is C12H17BrClNOS. The molecule has 1 fully saturated rings. The van der Waals surface area contributed by atoms with E-state index < -0.39 is 0 Å². The first-order valence-electron chi connectivity index (χ1n) is 5.91. The number of hydrogen-bond donors (Lipinski definition) is 1. The maximum absolute atomic E-state index is 6.11. The molecule has 1 aliphatic rings. The predicted octanol–water partition coefficient (Wildman–Crippen LogP) is 4.24. The van der Waals surface area contributed by atoms with Crippen molar-refractivity contribution in [2.24, 2.45) is 5.92 Å². The monoisotopic (exact) mass is 337 g/mol. The van der Waals surface area contributed by atoms with Gasteiger partial charge in [-0.25, -0.2) is 0 Å². The molecule has 0 aliphatic carbocycles. The molecule has 1 saturated heterocycles. The van der Waals surface area contributed by atoms with Crippen LogP contribution in [-0.4, -0.2) is 19.3 Å².